The lowest BCUT2D eigenvalue weighted by molar-refractivity contribution is -0.108. The maximum atomic E-state index is 6.38. The summed E-state index contributed by atoms with van der Waals surface area (Å²) in [5.41, 5.74) is 0.798. The number of likely N-dealkylation sites (tertiary alicyclic amines) is 1. The Hall–Kier alpha value is -0.0800. The van der Waals surface area contributed by atoms with Crippen molar-refractivity contribution in [3.05, 3.63) is 0 Å². The summed E-state index contributed by atoms with van der Waals surface area (Å²) < 4.78 is 6.38. The molecule has 1 atom stereocenters. The molecule has 0 aromatic carbocycles. The fourth-order valence-corrected chi connectivity index (χ4v) is 3.67. The highest BCUT2D eigenvalue weighted by Gasteiger charge is 2.43. The van der Waals surface area contributed by atoms with Crippen molar-refractivity contribution < 1.29 is 4.74 Å². The molecule has 1 rings (SSSR count). The molecule has 1 saturated heterocycles. The minimum absolute atomic E-state index is 0.222. The highest BCUT2D eigenvalue weighted by atomic mass is 16.5. The highest BCUT2D eigenvalue weighted by molar-refractivity contribution is 4.99. The average molecular weight is 284 g/mol. The van der Waals surface area contributed by atoms with Crippen molar-refractivity contribution in [1.29, 1.82) is 0 Å². The van der Waals surface area contributed by atoms with E-state index in [9.17, 15) is 0 Å². The van der Waals surface area contributed by atoms with Crippen LogP contribution < -0.4 is 0 Å². The zero-order chi connectivity index (χ0) is 15.6. The van der Waals surface area contributed by atoms with Crippen molar-refractivity contribution in [2.24, 2.45) is 5.41 Å². The third-order valence-electron chi connectivity index (χ3n) is 5.64. The van der Waals surface area contributed by atoms with E-state index in [0.29, 0.717) is 11.5 Å². The lowest BCUT2D eigenvalue weighted by Gasteiger charge is -2.53. The molecule has 2 heteroatoms. The second-order valence-corrected chi connectivity index (χ2v) is 8.44. The molecule has 1 heterocycles. The predicted octanol–water partition coefficient (Wildman–Crippen LogP) is 4.87. The van der Waals surface area contributed by atoms with E-state index >= 15 is 0 Å². The number of hydrogen-bond acceptors (Lipinski definition) is 2. The summed E-state index contributed by atoms with van der Waals surface area (Å²) in [6, 6.07) is 0. The molecule has 1 unspecified atom stereocenters. The molecule has 1 aliphatic rings. The summed E-state index contributed by atoms with van der Waals surface area (Å²) in [6.45, 7) is 17.2. The quantitative estimate of drug-likeness (QED) is 0.689. The van der Waals surface area contributed by atoms with Crippen LogP contribution in [0.4, 0.5) is 0 Å². The van der Waals surface area contributed by atoms with E-state index in [1.54, 1.807) is 0 Å². The third kappa shape index (κ3) is 4.21. The van der Waals surface area contributed by atoms with Crippen LogP contribution in [0.5, 0.6) is 0 Å². The highest BCUT2D eigenvalue weighted by Crippen LogP contribution is 2.39. The topological polar surface area (TPSA) is 12.5 Å². The molecule has 0 aromatic rings. The van der Waals surface area contributed by atoms with Gasteiger partial charge in [-0.05, 0) is 65.8 Å². The summed E-state index contributed by atoms with van der Waals surface area (Å²) in [5, 5.41) is 0. The smallest absolute Gasteiger partial charge is 0.0610 e. The Morgan fingerprint density at radius 1 is 1.10 bits per heavy atom. The van der Waals surface area contributed by atoms with Gasteiger partial charge in [-0.15, -0.1) is 0 Å². The van der Waals surface area contributed by atoms with Crippen LogP contribution in [0.25, 0.3) is 0 Å². The molecule has 0 bridgehead atoms. The first-order chi connectivity index (χ1) is 9.06. The van der Waals surface area contributed by atoms with E-state index < -0.39 is 0 Å². The van der Waals surface area contributed by atoms with E-state index in [0.717, 1.165) is 19.4 Å². The standard InChI is InChI=1S/C18H37NO/c1-9-11-18(7,10-2)14-20-15-12-16(3,4)19(8)17(5,6)13-15/h15H,9-14H2,1-8H3. The van der Waals surface area contributed by atoms with Crippen molar-refractivity contribution in [3.8, 4) is 0 Å². The van der Waals surface area contributed by atoms with E-state index in [-0.39, 0.29) is 11.1 Å². The van der Waals surface area contributed by atoms with Crippen LogP contribution in [0.2, 0.25) is 0 Å². The van der Waals surface area contributed by atoms with Gasteiger partial charge in [0.2, 0.25) is 0 Å². The molecule has 120 valence electrons. The fraction of sp³-hybridized carbons (Fsp3) is 1.00. The summed E-state index contributed by atoms with van der Waals surface area (Å²) in [7, 11) is 2.25. The molecule has 1 fully saturated rings. The molecule has 0 N–H and O–H groups in total. The molecule has 0 spiro atoms. The zero-order valence-corrected chi connectivity index (χ0v) is 15.2. The van der Waals surface area contributed by atoms with Crippen molar-refractivity contribution >= 4 is 0 Å². The molecule has 0 amide bonds. The molecule has 2 nitrogen and oxygen atoms in total. The van der Waals surface area contributed by atoms with Gasteiger partial charge in [0.25, 0.3) is 0 Å². The maximum Gasteiger partial charge on any atom is 0.0610 e. The van der Waals surface area contributed by atoms with Crippen molar-refractivity contribution in [1.82, 2.24) is 4.90 Å². The minimum atomic E-state index is 0.222. The Kier molecular flexibility index (Phi) is 5.71. The third-order valence-corrected chi connectivity index (χ3v) is 5.64. The van der Waals surface area contributed by atoms with E-state index in [4.69, 9.17) is 4.74 Å². The molecular weight excluding hydrogens is 246 g/mol. The zero-order valence-electron chi connectivity index (χ0n) is 15.2. The van der Waals surface area contributed by atoms with Crippen LogP contribution in [-0.2, 0) is 4.74 Å². The first kappa shape index (κ1) is 18.0. The number of ether oxygens (including phenoxy) is 1. The van der Waals surface area contributed by atoms with Crippen LogP contribution >= 0.6 is 0 Å². The maximum absolute atomic E-state index is 6.38. The Morgan fingerprint density at radius 2 is 1.60 bits per heavy atom. The Morgan fingerprint density at radius 3 is 2.00 bits per heavy atom. The van der Waals surface area contributed by atoms with Crippen molar-refractivity contribution in [3.63, 3.8) is 0 Å². The molecule has 0 aromatic heterocycles. The number of hydrogen-bond donors (Lipinski definition) is 0. The number of rotatable bonds is 6. The first-order valence-electron chi connectivity index (χ1n) is 8.42. The van der Waals surface area contributed by atoms with Crippen LogP contribution in [0, 0.1) is 5.41 Å². The molecule has 1 aliphatic heterocycles. The second-order valence-electron chi connectivity index (χ2n) is 8.44. The monoisotopic (exact) mass is 283 g/mol. The van der Waals surface area contributed by atoms with Gasteiger partial charge < -0.3 is 4.74 Å². The Labute approximate surface area is 127 Å². The molecular formula is C18H37NO. The van der Waals surface area contributed by atoms with Gasteiger partial charge in [0.1, 0.15) is 0 Å². The number of nitrogens with zero attached hydrogens (tertiary/aromatic N) is 1. The van der Waals surface area contributed by atoms with Gasteiger partial charge in [-0.25, -0.2) is 0 Å². The van der Waals surface area contributed by atoms with Gasteiger partial charge in [0.15, 0.2) is 0 Å². The lowest BCUT2D eigenvalue weighted by Crippen LogP contribution is -2.60. The fourth-order valence-electron chi connectivity index (χ4n) is 3.67. The second kappa shape index (κ2) is 6.36. The lowest BCUT2D eigenvalue weighted by atomic mass is 9.78. The van der Waals surface area contributed by atoms with Gasteiger partial charge in [0, 0.05) is 11.1 Å². The largest absolute Gasteiger partial charge is 0.378 e. The first-order valence-corrected chi connectivity index (χ1v) is 8.42. The van der Waals surface area contributed by atoms with Crippen molar-refractivity contribution in [2.45, 2.75) is 97.8 Å². The summed E-state index contributed by atoms with van der Waals surface area (Å²) >= 11 is 0. The SMILES string of the molecule is CCCC(C)(CC)COC1CC(C)(C)N(C)C(C)(C)C1. The predicted molar refractivity (Wildman–Crippen MR) is 88.2 cm³/mol. The number of piperidine rings is 1. The normalized spacial score (nSPS) is 26.4. The van der Waals surface area contributed by atoms with E-state index in [2.05, 4.69) is 60.4 Å². The average Bonchev–Trinajstić information content (AvgIpc) is 2.33. The Balaban J connectivity index is 2.65. The van der Waals surface area contributed by atoms with Crippen LogP contribution in [0.15, 0.2) is 0 Å². The van der Waals surface area contributed by atoms with Gasteiger partial charge in [-0.1, -0.05) is 27.2 Å². The summed E-state index contributed by atoms with van der Waals surface area (Å²) in [6.07, 6.45) is 6.40. The van der Waals surface area contributed by atoms with Gasteiger partial charge in [-0.2, -0.15) is 0 Å². The van der Waals surface area contributed by atoms with Gasteiger partial charge >= 0.3 is 0 Å². The molecule has 0 saturated carbocycles. The van der Waals surface area contributed by atoms with E-state index in [1.165, 1.54) is 19.3 Å². The van der Waals surface area contributed by atoms with Crippen LogP contribution in [0.3, 0.4) is 0 Å². The van der Waals surface area contributed by atoms with Gasteiger partial charge in [0.05, 0.1) is 12.7 Å². The van der Waals surface area contributed by atoms with Crippen molar-refractivity contribution in [2.75, 3.05) is 13.7 Å². The minimum Gasteiger partial charge on any atom is -0.378 e. The Bertz CT molecular complexity index is 293. The summed E-state index contributed by atoms with van der Waals surface area (Å²) in [4.78, 5) is 2.52. The van der Waals surface area contributed by atoms with Gasteiger partial charge in [-0.3, -0.25) is 4.90 Å². The van der Waals surface area contributed by atoms with Crippen LogP contribution in [0.1, 0.15) is 80.6 Å². The summed E-state index contributed by atoms with van der Waals surface area (Å²) in [5.74, 6) is 0. The van der Waals surface area contributed by atoms with Crippen LogP contribution in [-0.4, -0.2) is 35.7 Å². The molecule has 20 heavy (non-hydrogen) atoms. The van der Waals surface area contributed by atoms with E-state index in [1.807, 2.05) is 0 Å². The molecule has 0 radical (unpaired) electrons. The molecule has 0 aliphatic carbocycles.